The average Bonchev–Trinajstić information content (AvgIpc) is 2.05. The summed E-state index contributed by atoms with van der Waals surface area (Å²) < 4.78 is 0. The lowest BCUT2D eigenvalue weighted by molar-refractivity contribution is 0.251. The van der Waals surface area contributed by atoms with Gasteiger partial charge in [-0.15, -0.1) is 0 Å². The first-order chi connectivity index (χ1) is 4.97. The Bertz CT molecular complexity index is 153. The summed E-state index contributed by atoms with van der Waals surface area (Å²) in [5, 5.41) is 6.66. The zero-order valence-corrected chi connectivity index (χ0v) is 6.06. The summed E-state index contributed by atoms with van der Waals surface area (Å²) in [4.78, 5) is 2.34. The third kappa shape index (κ3) is 0.968. The Morgan fingerprint density at radius 1 is 1.50 bits per heavy atom. The van der Waals surface area contributed by atoms with Crippen molar-refractivity contribution in [1.29, 1.82) is 0 Å². The van der Waals surface area contributed by atoms with Crippen molar-refractivity contribution in [3.05, 3.63) is 11.9 Å². The van der Waals surface area contributed by atoms with Crippen LogP contribution in [0.25, 0.3) is 0 Å². The maximum Gasteiger partial charge on any atom is 0.0995 e. The molecular weight excluding hydrogens is 126 g/mol. The van der Waals surface area contributed by atoms with E-state index in [0.717, 1.165) is 19.8 Å². The highest BCUT2D eigenvalue weighted by Gasteiger charge is 2.15. The van der Waals surface area contributed by atoms with Gasteiger partial charge in [0.15, 0.2) is 0 Å². The van der Waals surface area contributed by atoms with Gasteiger partial charge in [0.1, 0.15) is 0 Å². The first-order valence-corrected chi connectivity index (χ1v) is 3.86. The van der Waals surface area contributed by atoms with Crippen LogP contribution in [-0.2, 0) is 0 Å². The second kappa shape index (κ2) is 2.50. The molecule has 3 heteroatoms. The Hall–Kier alpha value is -0.700. The second-order valence-electron chi connectivity index (χ2n) is 2.75. The normalized spacial score (nSPS) is 24.8. The lowest BCUT2D eigenvalue weighted by Gasteiger charge is -2.35. The Morgan fingerprint density at radius 2 is 2.50 bits per heavy atom. The van der Waals surface area contributed by atoms with Gasteiger partial charge in [-0.3, -0.25) is 5.32 Å². The predicted octanol–water partition coefficient (Wildman–Crippen LogP) is -0.316. The van der Waals surface area contributed by atoms with Gasteiger partial charge in [0, 0.05) is 19.6 Å². The first kappa shape index (κ1) is 6.04. The Labute approximate surface area is 61.1 Å². The maximum atomic E-state index is 3.37. The van der Waals surface area contributed by atoms with Crippen LogP contribution in [0.4, 0.5) is 0 Å². The number of rotatable bonds is 0. The molecule has 2 heterocycles. The zero-order valence-electron chi connectivity index (χ0n) is 6.06. The van der Waals surface area contributed by atoms with Gasteiger partial charge in [0.25, 0.3) is 0 Å². The van der Waals surface area contributed by atoms with E-state index >= 15 is 0 Å². The lowest BCUT2D eigenvalue weighted by Crippen LogP contribution is -2.47. The van der Waals surface area contributed by atoms with Crippen LogP contribution in [-0.4, -0.2) is 31.2 Å². The third-order valence-electron chi connectivity index (χ3n) is 1.99. The molecule has 0 aromatic rings. The van der Waals surface area contributed by atoms with Crippen LogP contribution in [0.2, 0.25) is 0 Å². The van der Waals surface area contributed by atoms with Crippen LogP contribution in [0, 0.1) is 0 Å². The second-order valence-corrected chi connectivity index (χ2v) is 2.75. The molecule has 0 atom stereocenters. The quantitative estimate of drug-likeness (QED) is 0.482. The summed E-state index contributed by atoms with van der Waals surface area (Å²) in [7, 11) is 0. The minimum Gasteiger partial charge on any atom is -0.372 e. The fourth-order valence-electron chi connectivity index (χ4n) is 1.45. The van der Waals surface area contributed by atoms with Crippen LogP contribution in [0.1, 0.15) is 6.42 Å². The molecule has 3 nitrogen and oxygen atoms in total. The Kier molecular flexibility index (Phi) is 1.51. The van der Waals surface area contributed by atoms with E-state index in [2.05, 4.69) is 21.6 Å². The molecule has 2 aliphatic heterocycles. The molecule has 0 unspecified atom stereocenters. The summed E-state index contributed by atoms with van der Waals surface area (Å²) in [5.41, 5.74) is 0. The van der Waals surface area contributed by atoms with Crippen molar-refractivity contribution >= 4 is 0 Å². The fourth-order valence-corrected chi connectivity index (χ4v) is 1.45. The van der Waals surface area contributed by atoms with E-state index in [9.17, 15) is 0 Å². The highest BCUT2D eigenvalue weighted by molar-refractivity contribution is 5.05. The smallest absolute Gasteiger partial charge is 0.0995 e. The number of nitrogens with zero attached hydrogens (tertiary/aromatic N) is 1. The zero-order chi connectivity index (χ0) is 6.81. The summed E-state index contributed by atoms with van der Waals surface area (Å²) in [5.74, 6) is 1.32. The van der Waals surface area contributed by atoms with Gasteiger partial charge in [-0.25, -0.2) is 0 Å². The van der Waals surface area contributed by atoms with Gasteiger partial charge >= 0.3 is 0 Å². The summed E-state index contributed by atoms with van der Waals surface area (Å²) in [6.45, 7) is 4.37. The molecule has 0 aromatic heterocycles. The molecule has 0 radical (unpaired) electrons. The van der Waals surface area contributed by atoms with Crippen molar-refractivity contribution in [2.75, 3.05) is 26.3 Å². The van der Waals surface area contributed by atoms with Gasteiger partial charge in [0.2, 0.25) is 0 Å². The lowest BCUT2D eigenvalue weighted by atomic mass is 10.3. The van der Waals surface area contributed by atoms with Crippen LogP contribution < -0.4 is 10.6 Å². The van der Waals surface area contributed by atoms with Crippen molar-refractivity contribution in [1.82, 2.24) is 15.5 Å². The van der Waals surface area contributed by atoms with Gasteiger partial charge in [0.05, 0.1) is 12.5 Å². The molecule has 0 amide bonds. The topological polar surface area (TPSA) is 27.3 Å². The summed E-state index contributed by atoms with van der Waals surface area (Å²) in [6, 6.07) is 0. The number of hydrogen-bond donors (Lipinski definition) is 2. The van der Waals surface area contributed by atoms with Crippen molar-refractivity contribution < 1.29 is 0 Å². The molecule has 0 bridgehead atoms. The highest BCUT2D eigenvalue weighted by atomic mass is 15.3. The molecule has 1 fully saturated rings. The molecule has 10 heavy (non-hydrogen) atoms. The van der Waals surface area contributed by atoms with E-state index in [0.29, 0.717) is 0 Å². The number of fused-ring (bicyclic) bond motifs is 1. The van der Waals surface area contributed by atoms with Crippen molar-refractivity contribution in [3.63, 3.8) is 0 Å². The van der Waals surface area contributed by atoms with E-state index in [1.807, 2.05) is 0 Å². The fraction of sp³-hybridized carbons (Fsp3) is 0.714. The van der Waals surface area contributed by atoms with E-state index in [1.54, 1.807) is 0 Å². The largest absolute Gasteiger partial charge is 0.372 e. The standard InChI is InChI=1S/C7H13N3/c1-3-9-7-2-4-8-6-10(7)5-1/h2,8-9H,1,3-6H2. The third-order valence-corrected chi connectivity index (χ3v) is 1.99. The average molecular weight is 139 g/mol. The molecule has 0 spiro atoms. The van der Waals surface area contributed by atoms with Crippen molar-refractivity contribution in [3.8, 4) is 0 Å². The maximum absolute atomic E-state index is 3.37. The van der Waals surface area contributed by atoms with E-state index in [4.69, 9.17) is 0 Å². The highest BCUT2D eigenvalue weighted by Crippen LogP contribution is 2.07. The van der Waals surface area contributed by atoms with Crippen LogP contribution in [0.5, 0.6) is 0 Å². The molecule has 56 valence electrons. The summed E-state index contributed by atoms with van der Waals surface area (Å²) >= 11 is 0. The summed E-state index contributed by atoms with van der Waals surface area (Å²) in [6.07, 6.45) is 3.47. The van der Waals surface area contributed by atoms with Gasteiger partial charge < -0.3 is 10.2 Å². The van der Waals surface area contributed by atoms with Gasteiger partial charge in [-0.2, -0.15) is 0 Å². The molecule has 1 saturated heterocycles. The van der Waals surface area contributed by atoms with Crippen molar-refractivity contribution in [2.45, 2.75) is 6.42 Å². The van der Waals surface area contributed by atoms with E-state index < -0.39 is 0 Å². The van der Waals surface area contributed by atoms with Gasteiger partial charge in [-0.1, -0.05) is 0 Å². The Morgan fingerprint density at radius 3 is 3.40 bits per heavy atom. The number of hydrogen-bond acceptors (Lipinski definition) is 3. The number of nitrogens with one attached hydrogen (secondary N) is 2. The molecular formula is C7H13N3. The molecule has 0 aromatic carbocycles. The predicted molar refractivity (Wildman–Crippen MR) is 40.3 cm³/mol. The van der Waals surface area contributed by atoms with Crippen molar-refractivity contribution in [2.24, 2.45) is 0 Å². The van der Waals surface area contributed by atoms with E-state index in [-0.39, 0.29) is 0 Å². The molecule has 0 saturated carbocycles. The van der Waals surface area contributed by atoms with E-state index in [1.165, 1.54) is 18.8 Å². The molecule has 2 aliphatic rings. The van der Waals surface area contributed by atoms with Crippen LogP contribution >= 0.6 is 0 Å². The van der Waals surface area contributed by atoms with Crippen LogP contribution in [0.3, 0.4) is 0 Å². The van der Waals surface area contributed by atoms with Gasteiger partial charge in [-0.05, 0) is 12.5 Å². The van der Waals surface area contributed by atoms with Crippen LogP contribution in [0.15, 0.2) is 11.9 Å². The minimum atomic E-state index is 1.01. The minimum absolute atomic E-state index is 1.01. The molecule has 2 rings (SSSR count). The molecule has 0 aliphatic carbocycles. The Balaban J connectivity index is 2.08. The monoisotopic (exact) mass is 139 g/mol. The SMILES string of the molecule is C1=C2NCCCN2CNC1. The first-order valence-electron chi connectivity index (χ1n) is 3.86. The molecule has 2 N–H and O–H groups in total.